The lowest BCUT2D eigenvalue weighted by molar-refractivity contribution is -0.114. The van der Waals surface area contributed by atoms with Gasteiger partial charge in [0.2, 0.25) is 5.91 Å². The minimum absolute atomic E-state index is 0.143. The van der Waals surface area contributed by atoms with Crippen molar-refractivity contribution >= 4 is 17.8 Å². The predicted octanol–water partition coefficient (Wildman–Crippen LogP) is 1.08. The van der Waals surface area contributed by atoms with Gasteiger partial charge in [0, 0.05) is 51.9 Å². The van der Waals surface area contributed by atoms with Crippen LogP contribution in [0, 0.1) is 5.92 Å². The summed E-state index contributed by atoms with van der Waals surface area (Å²) in [6.45, 7) is 10.1. The Morgan fingerprint density at radius 1 is 1.29 bits per heavy atom. The molecule has 1 aromatic heterocycles. The Hall–Kier alpha value is -1.89. The first-order valence-corrected chi connectivity index (χ1v) is 7.30. The number of hydrogen-bond donors (Lipinski definition) is 1. The fourth-order valence-corrected chi connectivity index (χ4v) is 2.46. The Balaban J connectivity index is 1.89. The van der Waals surface area contributed by atoms with Gasteiger partial charge >= 0.3 is 6.03 Å². The van der Waals surface area contributed by atoms with E-state index >= 15 is 0 Å². The second kappa shape index (κ2) is 6.71. The SMILES string of the molecule is CC(=O)Nc1ccn(C(=O)N2CCN(CC(C)C)CC2)n1. The lowest BCUT2D eigenvalue weighted by Crippen LogP contribution is -2.50. The largest absolute Gasteiger partial charge is 0.344 e. The molecule has 2 heterocycles. The molecule has 1 aliphatic rings. The molecular formula is C14H23N5O2. The van der Waals surface area contributed by atoms with E-state index in [0.29, 0.717) is 24.8 Å². The van der Waals surface area contributed by atoms with Gasteiger partial charge in [-0.2, -0.15) is 4.68 Å². The number of nitrogens with zero attached hydrogens (tertiary/aromatic N) is 4. The van der Waals surface area contributed by atoms with E-state index in [0.717, 1.165) is 19.6 Å². The first kappa shape index (κ1) is 15.5. The number of piperazine rings is 1. The summed E-state index contributed by atoms with van der Waals surface area (Å²) in [6, 6.07) is 1.48. The molecule has 0 bridgehead atoms. The van der Waals surface area contributed by atoms with Crippen molar-refractivity contribution in [3.05, 3.63) is 12.3 Å². The van der Waals surface area contributed by atoms with E-state index in [1.807, 2.05) is 0 Å². The van der Waals surface area contributed by atoms with Crippen LogP contribution in [0.5, 0.6) is 0 Å². The molecule has 1 aliphatic heterocycles. The molecular weight excluding hydrogens is 270 g/mol. The Bertz CT molecular complexity index is 503. The molecule has 21 heavy (non-hydrogen) atoms. The van der Waals surface area contributed by atoms with E-state index in [2.05, 4.69) is 29.2 Å². The molecule has 7 nitrogen and oxygen atoms in total. The summed E-state index contributed by atoms with van der Waals surface area (Å²) in [5.41, 5.74) is 0. The highest BCUT2D eigenvalue weighted by Crippen LogP contribution is 2.08. The molecule has 0 aromatic carbocycles. The first-order valence-electron chi connectivity index (χ1n) is 7.30. The van der Waals surface area contributed by atoms with Gasteiger partial charge in [0.1, 0.15) is 0 Å². The number of amides is 2. The normalized spacial score (nSPS) is 16.3. The summed E-state index contributed by atoms with van der Waals surface area (Å²) in [6.07, 6.45) is 1.58. The molecule has 0 radical (unpaired) electrons. The third kappa shape index (κ3) is 4.29. The van der Waals surface area contributed by atoms with Crippen LogP contribution in [0.2, 0.25) is 0 Å². The topological polar surface area (TPSA) is 70.5 Å². The molecule has 1 saturated heterocycles. The van der Waals surface area contributed by atoms with Crippen molar-refractivity contribution in [2.24, 2.45) is 5.92 Å². The van der Waals surface area contributed by atoms with Gasteiger partial charge in [-0.05, 0) is 5.92 Å². The van der Waals surface area contributed by atoms with Crippen LogP contribution >= 0.6 is 0 Å². The number of aromatic nitrogens is 2. The Morgan fingerprint density at radius 3 is 2.52 bits per heavy atom. The van der Waals surface area contributed by atoms with Gasteiger partial charge in [0.15, 0.2) is 5.82 Å². The van der Waals surface area contributed by atoms with E-state index in [9.17, 15) is 9.59 Å². The third-order valence-corrected chi connectivity index (χ3v) is 3.36. The Labute approximate surface area is 124 Å². The van der Waals surface area contributed by atoms with Crippen molar-refractivity contribution in [2.45, 2.75) is 20.8 Å². The maximum absolute atomic E-state index is 12.3. The van der Waals surface area contributed by atoms with Gasteiger partial charge in [-0.25, -0.2) is 4.79 Å². The molecule has 0 spiro atoms. The van der Waals surface area contributed by atoms with Crippen LogP contribution in [0.25, 0.3) is 0 Å². The molecule has 1 N–H and O–H groups in total. The summed E-state index contributed by atoms with van der Waals surface area (Å²) in [4.78, 5) is 27.4. The second-order valence-electron chi connectivity index (χ2n) is 5.79. The van der Waals surface area contributed by atoms with Gasteiger partial charge in [-0.15, -0.1) is 5.10 Å². The van der Waals surface area contributed by atoms with Crippen molar-refractivity contribution in [1.82, 2.24) is 19.6 Å². The van der Waals surface area contributed by atoms with E-state index in [-0.39, 0.29) is 11.9 Å². The number of hydrogen-bond acceptors (Lipinski definition) is 4. The van der Waals surface area contributed by atoms with Crippen molar-refractivity contribution in [1.29, 1.82) is 0 Å². The van der Waals surface area contributed by atoms with Gasteiger partial charge in [-0.1, -0.05) is 13.8 Å². The average molecular weight is 293 g/mol. The highest BCUT2D eigenvalue weighted by atomic mass is 16.2. The quantitative estimate of drug-likeness (QED) is 0.905. The standard InChI is InChI=1S/C14H23N5O2/c1-11(2)10-17-6-8-18(9-7-17)14(21)19-5-4-13(16-19)15-12(3)20/h4-5,11H,6-10H2,1-3H3,(H,15,16,20). The van der Waals surface area contributed by atoms with Crippen molar-refractivity contribution in [3.8, 4) is 0 Å². The summed E-state index contributed by atoms with van der Waals surface area (Å²) in [5, 5.41) is 6.63. The fourth-order valence-electron chi connectivity index (χ4n) is 2.46. The highest BCUT2D eigenvalue weighted by Gasteiger charge is 2.23. The van der Waals surface area contributed by atoms with Crippen molar-refractivity contribution in [2.75, 3.05) is 38.0 Å². The van der Waals surface area contributed by atoms with Gasteiger partial charge in [-0.3, -0.25) is 9.69 Å². The molecule has 0 aliphatic carbocycles. The first-order chi connectivity index (χ1) is 9.95. The lowest BCUT2D eigenvalue weighted by Gasteiger charge is -2.35. The zero-order valence-electron chi connectivity index (χ0n) is 12.9. The molecule has 0 atom stereocenters. The van der Waals surface area contributed by atoms with E-state index in [4.69, 9.17) is 0 Å². The maximum atomic E-state index is 12.3. The summed E-state index contributed by atoms with van der Waals surface area (Å²) in [5.74, 6) is 0.836. The molecule has 1 aromatic rings. The van der Waals surface area contributed by atoms with Crippen LogP contribution in [0.3, 0.4) is 0 Å². The Morgan fingerprint density at radius 2 is 1.95 bits per heavy atom. The fraction of sp³-hybridized carbons (Fsp3) is 0.643. The maximum Gasteiger partial charge on any atom is 0.344 e. The van der Waals surface area contributed by atoms with Crippen molar-refractivity contribution < 1.29 is 9.59 Å². The van der Waals surface area contributed by atoms with Crippen LogP contribution in [-0.4, -0.2) is 64.2 Å². The third-order valence-electron chi connectivity index (χ3n) is 3.36. The summed E-state index contributed by atoms with van der Waals surface area (Å²) >= 11 is 0. The smallest absolute Gasteiger partial charge is 0.320 e. The predicted molar refractivity (Wildman–Crippen MR) is 80.2 cm³/mol. The highest BCUT2D eigenvalue weighted by molar-refractivity contribution is 5.87. The van der Waals surface area contributed by atoms with Gasteiger partial charge < -0.3 is 10.2 Å². The van der Waals surface area contributed by atoms with Crippen LogP contribution in [0.4, 0.5) is 10.6 Å². The monoisotopic (exact) mass is 293 g/mol. The zero-order chi connectivity index (χ0) is 15.4. The molecule has 7 heteroatoms. The zero-order valence-corrected chi connectivity index (χ0v) is 12.9. The molecule has 116 valence electrons. The minimum Gasteiger partial charge on any atom is -0.320 e. The van der Waals surface area contributed by atoms with Gasteiger partial charge in [0.05, 0.1) is 0 Å². The second-order valence-corrected chi connectivity index (χ2v) is 5.79. The average Bonchev–Trinajstić information content (AvgIpc) is 2.85. The van der Waals surface area contributed by atoms with Crippen LogP contribution in [0.1, 0.15) is 20.8 Å². The summed E-state index contributed by atoms with van der Waals surface area (Å²) in [7, 11) is 0. The van der Waals surface area contributed by atoms with Crippen LogP contribution in [-0.2, 0) is 4.79 Å². The Kier molecular flexibility index (Phi) is 4.95. The molecule has 2 rings (SSSR count). The van der Waals surface area contributed by atoms with E-state index < -0.39 is 0 Å². The number of nitrogens with one attached hydrogen (secondary N) is 1. The van der Waals surface area contributed by atoms with Crippen LogP contribution < -0.4 is 5.32 Å². The molecule has 2 amide bonds. The van der Waals surface area contributed by atoms with Crippen LogP contribution in [0.15, 0.2) is 12.3 Å². The lowest BCUT2D eigenvalue weighted by atomic mass is 10.2. The number of carbonyl (C=O) groups excluding carboxylic acids is 2. The minimum atomic E-state index is -0.199. The molecule has 0 unspecified atom stereocenters. The number of anilines is 1. The van der Waals surface area contributed by atoms with Gasteiger partial charge in [0.25, 0.3) is 0 Å². The number of rotatable bonds is 3. The summed E-state index contributed by atoms with van der Waals surface area (Å²) < 4.78 is 1.28. The van der Waals surface area contributed by atoms with E-state index in [1.165, 1.54) is 11.6 Å². The molecule has 0 saturated carbocycles. The molecule has 1 fully saturated rings. The van der Waals surface area contributed by atoms with Crippen molar-refractivity contribution in [3.63, 3.8) is 0 Å². The number of carbonyl (C=O) groups is 2. The van der Waals surface area contributed by atoms with E-state index in [1.54, 1.807) is 17.2 Å².